The predicted octanol–water partition coefficient (Wildman–Crippen LogP) is 3.49. The van der Waals surface area contributed by atoms with E-state index >= 15 is 0 Å². The number of carbonyl (C=O) groups is 2. The number of hydrogen-bond donors (Lipinski definition) is 1. The molecule has 0 saturated carbocycles. The van der Waals surface area contributed by atoms with E-state index < -0.39 is 12.0 Å². The van der Waals surface area contributed by atoms with Gasteiger partial charge in [-0.25, -0.2) is 4.79 Å². The normalized spacial score (nSPS) is 18.7. The van der Waals surface area contributed by atoms with Crippen LogP contribution < -0.4 is 15.0 Å². The first-order chi connectivity index (χ1) is 19.0. The number of esters is 2. The van der Waals surface area contributed by atoms with Crippen molar-refractivity contribution in [2.75, 3.05) is 37.0 Å². The minimum atomic E-state index is -0.664. The molecule has 0 bridgehead atoms. The maximum absolute atomic E-state index is 13.6. The Kier molecular flexibility index (Phi) is 7.76. The second-order valence-electron chi connectivity index (χ2n) is 9.54. The fourth-order valence-corrected chi connectivity index (χ4v) is 5.17. The van der Waals surface area contributed by atoms with Gasteiger partial charge < -0.3 is 24.4 Å². The predicted molar refractivity (Wildman–Crippen MR) is 143 cm³/mol. The first kappa shape index (κ1) is 26.2. The van der Waals surface area contributed by atoms with Crippen molar-refractivity contribution in [2.45, 2.75) is 39.3 Å². The van der Waals surface area contributed by atoms with Gasteiger partial charge in [-0.05, 0) is 48.7 Å². The second-order valence-corrected chi connectivity index (χ2v) is 9.54. The van der Waals surface area contributed by atoms with Crippen LogP contribution in [0.5, 0.6) is 5.75 Å². The lowest BCUT2D eigenvalue weighted by Crippen LogP contribution is -2.40. The van der Waals surface area contributed by atoms with E-state index in [0.29, 0.717) is 36.1 Å². The number of ether oxygens (including phenoxy) is 3. The van der Waals surface area contributed by atoms with Gasteiger partial charge in [0.1, 0.15) is 18.4 Å². The largest absolute Gasteiger partial charge is 0.497 e. The molecule has 0 radical (unpaired) electrons. The number of allylic oxidation sites excluding steroid dienone is 1. The molecule has 5 rings (SSSR count). The molecule has 2 aromatic carbocycles. The van der Waals surface area contributed by atoms with E-state index in [1.165, 1.54) is 0 Å². The van der Waals surface area contributed by atoms with Crippen LogP contribution in [0.25, 0.3) is 0 Å². The number of nitrogens with one attached hydrogen (secondary N) is 1. The van der Waals surface area contributed by atoms with Crippen molar-refractivity contribution in [2.24, 2.45) is 5.92 Å². The molecule has 1 unspecified atom stereocenters. The van der Waals surface area contributed by atoms with Crippen molar-refractivity contribution >= 4 is 23.6 Å². The molecule has 3 heterocycles. The lowest BCUT2D eigenvalue weighted by molar-refractivity contribution is -0.148. The number of benzene rings is 2. The molecule has 2 atom stereocenters. The average Bonchev–Trinajstić information content (AvgIpc) is 3.43. The number of methoxy groups -OCH3 is 1. The standard InChI is InChI=1S/C28H32N6O5/c1-4-38-26(35)20-11-8-14-33(16-20)23-15-21(37-3)12-13-22(23)25-24(18(2)29-28-30-31-32-34(25)28)27(36)39-17-19-9-6-5-7-10-19/h5-7,9-10,12-13,15,20,25H,4,8,11,14,16-17H2,1-3H3,(H,29,30,32)/t20-,25?/m1/s1. The Morgan fingerprint density at radius 3 is 2.72 bits per heavy atom. The minimum Gasteiger partial charge on any atom is -0.497 e. The highest BCUT2D eigenvalue weighted by molar-refractivity contribution is 5.93. The molecule has 1 saturated heterocycles. The smallest absolute Gasteiger partial charge is 0.338 e. The second kappa shape index (κ2) is 11.5. The summed E-state index contributed by atoms with van der Waals surface area (Å²) < 4.78 is 18.2. The highest BCUT2D eigenvalue weighted by Crippen LogP contribution is 2.41. The van der Waals surface area contributed by atoms with Gasteiger partial charge in [0.15, 0.2) is 0 Å². The van der Waals surface area contributed by atoms with Gasteiger partial charge in [0.2, 0.25) is 5.95 Å². The molecule has 1 aromatic heterocycles. The number of carbonyl (C=O) groups excluding carboxylic acids is 2. The number of nitrogens with zero attached hydrogens (tertiary/aromatic N) is 5. The van der Waals surface area contributed by atoms with Crippen LogP contribution in [-0.2, 0) is 25.7 Å². The third-order valence-corrected chi connectivity index (χ3v) is 7.06. The summed E-state index contributed by atoms with van der Waals surface area (Å²) in [5.41, 5.74) is 3.51. The van der Waals surface area contributed by atoms with Gasteiger partial charge in [0, 0.05) is 36.1 Å². The SMILES string of the molecule is CCOC(=O)[C@@H]1CCCN(c2cc(OC)ccc2C2C(C(=O)OCc3ccccc3)=C(C)Nc3nnnn32)C1. The summed E-state index contributed by atoms with van der Waals surface area (Å²) in [4.78, 5) is 28.4. The number of piperidine rings is 1. The van der Waals surface area contributed by atoms with E-state index in [4.69, 9.17) is 14.2 Å². The number of aromatic nitrogens is 4. The molecular formula is C28H32N6O5. The molecule has 0 aliphatic carbocycles. The van der Waals surface area contributed by atoms with Crippen LogP contribution in [0.2, 0.25) is 0 Å². The van der Waals surface area contributed by atoms with E-state index in [9.17, 15) is 9.59 Å². The van der Waals surface area contributed by atoms with Crippen molar-refractivity contribution in [3.8, 4) is 5.75 Å². The summed E-state index contributed by atoms with van der Waals surface area (Å²) in [6.45, 7) is 5.32. The van der Waals surface area contributed by atoms with Crippen molar-refractivity contribution in [1.82, 2.24) is 20.2 Å². The van der Waals surface area contributed by atoms with Crippen LogP contribution in [0.4, 0.5) is 11.6 Å². The molecule has 0 amide bonds. The Balaban J connectivity index is 1.54. The van der Waals surface area contributed by atoms with Crippen LogP contribution in [0.15, 0.2) is 59.8 Å². The van der Waals surface area contributed by atoms with Crippen molar-refractivity contribution in [3.63, 3.8) is 0 Å². The fourth-order valence-electron chi connectivity index (χ4n) is 5.17. The van der Waals surface area contributed by atoms with Crippen molar-refractivity contribution in [3.05, 3.63) is 70.9 Å². The van der Waals surface area contributed by atoms with E-state index in [1.807, 2.05) is 62.4 Å². The fraction of sp³-hybridized carbons (Fsp3) is 0.393. The number of fused-ring (bicyclic) bond motifs is 1. The Labute approximate surface area is 226 Å². The third-order valence-electron chi connectivity index (χ3n) is 7.06. The molecule has 1 fully saturated rings. The van der Waals surface area contributed by atoms with Crippen LogP contribution in [-0.4, -0.2) is 59.0 Å². The first-order valence-electron chi connectivity index (χ1n) is 13.1. The van der Waals surface area contributed by atoms with E-state index in [0.717, 1.165) is 36.2 Å². The molecule has 2 aliphatic heterocycles. The number of hydrogen-bond acceptors (Lipinski definition) is 10. The molecule has 204 valence electrons. The molecule has 1 N–H and O–H groups in total. The summed E-state index contributed by atoms with van der Waals surface area (Å²) in [7, 11) is 1.61. The lowest BCUT2D eigenvalue weighted by atomic mass is 9.91. The van der Waals surface area contributed by atoms with Gasteiger partial charge in [-0.3, -0.25) is 4.79 Å². The van der Waals surface area contributed by atoms with Crippen LogP contribution >= 0.6 is 0 Å². The number of anilines is 2. The zero-order valence-corrected chi connectivity index (χ0v) is 22.3. The quantitative estimate of drug-likeness (QED) is 0.432. The summed E-state index contributed by atoms with van der Waals surface area (Å²) in [6, 6.07) is 14.6. The molecule has 11 heteroatoms. The molecule has 39 heavy (non-hydrogen) atoms. The molecule has 11 nitrogen and oxygen atoms in total. The Hall–Kier alpha value is -4.41. The monoisotopic (exact) mass is 532 g/mol. The zero-order chi connectivity index (χ0) is 27.4. The molecule has 3 aromatic rings. The highest BCUT2D eigenvalue weighted by Gasteiger charge is 2.38. The highest BCUT2D eigenvalue weighted by atomic mass is 16.5. The molecule has 0 spiro atoms. The minimum absolute atomic E-state index is 0.133. The first-order valence-corrected chi connectivity index (χ1v) is 13.1. The summed E-state index contributed by atoms with van der Waals surface area (Å²) in [5.74, 6) is 0.160. The van der Waals surface area contributed by atoms with E-state index in [-0.39, 0.29) is 18.5 Å². The topological polar surface area (TPSA) is 121 Å². The summed E-state index contributed by atoms with van der Waals surface area (Å²) >= 11 is 0. The molecule has 2 aliphatic rings. The summed E-state index contributed by atoms with van der Waals surface area (Å²) in [6.07, 6.45) is 1.58. The van der Waals surface area contributed by atoms with Crippen molar-refractivity contribution in [1.29, 1.82) is 0 Å². The van der Waals surface area contributed by atoms with Crippen LogP contribution in [0.1, 0.15) is 43.9 Å². The van der Waals surface area contributed by atoms with Gasteiger partial charge in [0.05, 0.1) is 25.2 Å². The van der Waals surface area contributed by atoms with E-state index in [1.54, 1.807) is 11.8 Å². The maximum atomic E-state index is 13.6. The van der Waals surface area contributed by atoms with Crippen LogP contribution in [0.3, 0.4) is 0 Å². The van der Waals surface area contributed by atoms with Crippen LogP contribution in [0, 0.1) is 5.92 Å². The average molecular weight is 533 g/mol. The Morgan fingerprint density at radius 1 is 1.13 bits per heavy atom. The van der Waals surface area contributed by atoms with Gasteiger partial charge in [-0.15, -0.1) is 0 Å². The zero-order valence-electron chi connectivity index (χ0n) is 22.3. The Bertz CT molecular complexity index is 1370. The van der Waals surface area contributed by atoms with Gasteiger partial charge >= 0.3 is 11.9 Å². The van der Waals surface area contributed by atoms with Gasteiger partial charge in [-0.1, -0.05) is 41.5 Å². The van der Waals surface area contributed by atoms with Gasteiger partial charge in [0.25, 0.3) is 0 Å². The van der Waals surface area contributed by atoms with Gasteiger partial charge in [-0.2, -0.15) is 4.68 Å². The Morgan fingerprint density at radius 2 is 1.95 bits per heavy atom. The molecular weight excluding hydrogens is 500 g/mol. The van der Waals surface area contributed by atoms with Crippen molar-refractivity contribution < 1.29 is 23.8 Å². The summed E-state index contributed by atoms with van der Waals surface area (Å²) in [5, 5.41) is 15.3. The number of rotatable bonds is 8. The lowest BCUT2D eigenvalue weighted by Gasteiger charge is -2.37. The number of tetrazole rings is 1. The third kappa shape index (κ3) is 5.43. The maximum Gasteiger partial charge on any atom is 0.338 e. The van der Waals surface area contributed by atoms with E-state index in [2.05, 4.69) is 25.7 Å².